The Bertz CT molecular complexity index is 1140. The lowest BCUT2D eigenvalue weighted by atomic mass is 9.69. The number of carbonyl (C=O) groups is 2. The van der Waals surface area contributed by atoms with Crippen molar-refractivity contribution >= 4 is 17.4 Å². The molecule has 0 unspecified atom stereocenters. The number of amides is 1. The molecule has 1 amide bonds. The summed E-state index contributed by atoms with van der Waals surface area (Å²) >= 11 is 0. The largest absolute Gasteiger partial charge is 0.324 e. The number of hydrogen-bond donors (Lipinski definition) is 2. The summed E-state index contributed by atoms with van der Waals surface area (Å²) in [5.74, 6) is -0.394. The van der Waals surface area contributed by atoms with Crippen LogP contribution in [-0.4, -0.2) is 17.7 Å². The first-order chi connectivity index (χ1) is 15.5. The third kappa shape index (κ3) is 3.18. The van der Waals surface area contributed by atoms with E-state index in [1.54, 1.807) is 0 Å². The number of ketones is 1. The molecule has 5 rings (SSSR count). The molecule has 0 aromatic heterocycles. The molecule has 1 spiro atoms. The first-order valence-electron chi connectivity index (χ1n) is 11.3. The second-order valence-electron chi connectivity index (χ2n) is 9.33. The van der Waals surface area contributed by atoms with Crippen molar-refractivity contribution in [3.8, 4) is 0 Å². The van der Waals surface area contributed by atoms with Gasteiger partial charge < -0.3 is 5.32 Å². The van der Waals surface area contributed by atoms with E-state index in [2.05, 4.69) is 36.6 Å². The molecule has 1 saturated heterocycles. The van der Waals surface area contributed by atoms with E-state index in [1.807, 2.05) is 72.8 Å². The molecule has 4 atom stereocenters. The number of para-hydroxylation sites is 1. The maximum absolute atomic E-state index is 14.2. The number of hydrogen-bond acceptors (Lipinski definition) is 3. The van der Waals surface area contributed by atoms with Crippen molar-refractivity contribution in [2.75, 3.05) is 5.32 Å². The first-order valence-corrected chi connectivity index (χ1v) is 11.3. The molecule has 3 aromatic carbocycles. The zero-order valence-corrected chi connectivity index (χ0v) is 18.4. The Hall–Kier alpha value is -3.24. The van der Waals surface area contributed by atoms with Gasteiger partial charge in [0.25, 0.3) is 0 Å². The molecule has 0 radical (unpaired) electrons. The number of nitrogens with one attached hydrogen (secondary N) is 2. The molecular weight excluding hydrogens is 396 g/mol. The summed E-state index contributed by atoms with van der Waals surface area (Å²) in [7, 11) is 0. The van der Waals surface area contributed by atoms with Gasteiger partial charge in [-0.1, -0.05) is 92.7 Å². The Kier molecular flexibility index (Phi) is 5.18. The second-order valence-corrected chi connectivity index (χ2v) is 9.33. The number of benzene rings is 3. The van der Waals surface area contributed by atoms with Crippen molar-refractivity contribution in [1.82, 2.24) is 5.32 Å². The van der Waals surface area contributed by atoms with Crippen LogP contribution in [0, 0.1) is 11.8 Å². The summed E-state index contributed by atoms with van der Waals surface area (Å²) in [5.41, 5.74) is 2.29. The van der Waals surface area contributed by atoms with Gasteiger partial charge >= 0.3 is 0 Å². The van der Waals surface area contributed by atoms with Gasteiger partial charge in [-0.25, -0.2) is 0 Å². The minimum absolute atomic E-state index is 0.00469. The molecule has 2 N–H and O–H groups in total. The molecule has 2 aliphatic heterocycles. The maximum Gasteiger partial charge on any atom is 0.250 e. The van der Waals surface area contributed by atoms with Gasteiger partial charge in [0.2, 0.25) is 5.91 Å². The highest BCUT2D eigenvalue weighted by Crippen LogP contribution is 2.54. The van der Waals surface area contributed by atoms with Gasteiger partial charge in [0.1, 0.15) is 5.54 Å². The Balaban J connectivity index is 1.74. The SMILES string of the molecule is CC(C)C[C@@H]1N[C@]2(C(=O)Nc3ccccc32)[C@H](C(=O)c2ccccc2)[C@H]1c1ccccc1. The van der Waals surface area contributed by atoms with E-state index in [1.165, 1.54) is 0 Å². The fourth-order valence-electron chi connectivity index (χ4n) is 5.66. The van der Waals surface area contributed by atoms with Gasteiger partial charge in [-0.3, -0.25) is 14.9 Å². The number of carbonyl (C=O) groups excluding carboxylic acids is 2. The average Bonchev–Trinajstić information content (AvgIpc) is 3.29. The molecule has 32 heavy (non-hydrogen) atoms. The van der Waals surface area contributed by atoms with Crippen molar-refractivity contribution in [3.63, 3.8) is 0 Å². The molecule has 0 aliphatic carbocycles. The molecule has 4 nitrogen and oxygen atoms in total. The summed E-state index contributed by atoms with van der Waals surface area (Å²) < 4.78 is 0. The standard InChI is InChI=1S/C28H28N2O2/c1-18(2)17-23-24(19-11-5-3-6-12-19)25(26(31)20-13-7-4-8-14-20)28(30-23)21-15-9-10-16-22(21)29-27(28)32/h3-16,18,23-25,30H,17H2,1-2H3,(H,29,32)/t23-,24-,25-,28-/m0/s1. The second kappa shape index (κ2) is 8.03. The van der Waals surface area contributed by atoms with Crippen LogP contribution in [0.5, 0.6) is 0 Å². The Labute approximate surface area is 189 Å². The van der Waals surface area contributed by atoms with Crippen molar-refractivity contribution < 1.29 is 9.59 Å². The average molecular weight is 425 g/mol. The van der Waals surface area contributed by atoms with Crippen molar-refractivity contribution in [3.05, 3.63) is 102 Å². The Morgan fingerprint density at radius 3 is 2.22 bits per heavy atom. The van der Waals surface area contributed by atoms with Crippen LogP contribution < -0.4 is 10.6 Å². The molecule has 1 fully saturated rings. The third-order valence-corrected chi connectivity index (χ3v) is 6.88. The highest BCUT2D eigenvalue weighted by molar-refractivity contribution is 6.12. The molecule has 162 valence electrons. The lowest BCUT2D eigenvalue weighted by molar-refractivity contribution is -0.122. The molecular formula is C28H28N2O2. The van der Waals surface area contributed by atoms with Gasteiger partial charge in [-0.2, -0.15) is 0 Å². The predicted octanol–water partition coefficient (Wildman–Crippen LogP) is 5.13. The van der Waals surface area contributed by atoms with Crippen LogP contribution >= 0.6 is 0 Å². The zero-order valence-electron chi connectivity index (χ0n) is 18.4. The van der Waals surface area contributed by atoms with Crippen LogP contribution in [0.3, 0.4) is 0 Å². The summed E-state index contributed by atoms with van der Waals surface area (Å²) in [6.07, 6.45) is 0.870. The van der Waals surface area contributed by atoms with E-state index >= 15 is 0 Å². The summed E-state index contributed by atoms with van der Waals surface area (Å²) in [5, 5.41) is 6.78. The quantitative estimate of drug-likeness (QED) is 0.558. The van der Waals surface area contributed by atoms with Crippen LogP contribution in [0.2, 0.25) is 0 Å². The molecule has 3 aromatic rings. The van der Waals surface area contributed by atoms with Crippen molar-refractivity contribution in [1.29, 1.82) is 0 Å². The lowest BCUT2D eigenvalue weighted by Gasteiger charge is -2.31. The van der Waals surface area contributed by atoms with Crippen molar-refractivity contribution in [2.24, 2.45) is 11.8 Å². The highest BCUT2D eigenvalue weighted by Gasteiger charge is 2.64. The lowest BCUT2D eigenvalue weighted by Crippen LogP contribution is -2.51. The molecule has 2 heterocycles. The Morgan fingerprint density at radius 2 is 1.53 bits per heavy atom. The van der Waals surface area contributed by atoms with E-state index in [0.29, 0.717) is 11.5 Å². The monoisotopic (exact) mass is 424 g/mol. The van der Waals surface area contributed by atoms with Crippen LogP contribution in [0.1, 0.15) is 47.7 Å². The van der Waals surface area contributed by atoms with Gasteiger partial charge in [0.05, 0.1) is 5.92 Å². The Morgan fingerprint density at radius 1 is 0.906 bits per heavy atom. The fourth-order valence-corrected chi connectivity index (χ4v) is 5.66. The number of fused-ring (bicyclic) bond motifs is 2. The molecule has 4 heteroatoms. The molecule has 0 bridgehead atoms. The van der Waals surface area contributed by atoms with Crippen LogP contribution in [0.4, 0.5) is 5.69 Å². The van der Waals surface area contributed by atoms with E-state index < -0.39 is 11.5 Å². The van der Waals surface area contributed by atoms with Gasteiger partial charge in [-0.15, -0.1) is 0 Å². The van der Waals surface area contributed by atoms with Crippen molar-refractivity contribution in [2.45, 2.75) is 37.8 Å². The van der Waals surface area contributed by atoms with E-state index in [-0.39, 0.29) is 23.7 Å². The molecule has 2 aliphatic rings. The van der Waals surface area contributed by atoms with Gasteiger partial charge in [-0.05, 0) is 24.0 Å². The fraction of sp³-hybridized carbons (Fsp3) is 0.286. The summed E-state index contributed by atoms with van der Waals surface area (Å²) in [4.78, 5) is 27.8. The smallest absolute Gasteiger partial charge is 0.250 e. The number of rotatable bonds is 5. The summed E-state index contributed by atoms with van der Waals surface area (Å²) in [6, 6.07) is 27.3. The third-order valence-electron chi connectivity index (χ3n) is 6.88. The van der Waals surface area contributed by atoms with Crippen LogP contribution in [0.25, 0.3) is 0 Å². The normalized spacial score (nSPS) is 26.3. The van der Waals surface area contributed by atoms with Gasteiger partial charge in [0, 0.05) is 28.8 Å². The predicted molar refractivity (Wildman–Crippen MR) is 127 cm³/mol. The topological polar surface area (TPSA) is 58.2 Å². The van der Waals surface area contributed by atoms with E-state index in [4.69, 9.17) is 0 Å². The highest BCUT2D eigenvalue weighted by atomic mass is 16.2. The van der Waals surface area contributed by atoms with Crippen LogP contribution in [0.15, 0.2) is 84.9 Å². The first kappa shape index (κ1) is 20.7. The van der Waals surface area contributed by atoms with E-state index in [0.717, 1.165) is 23.2 Å². The minimum atomic E-state index is -1.09. The maximum atomic E-state index is 14.2. The number of anilines is 1. The zero-order chi connectivity index (χ0) is 22.3. The summed E-state index contributed by atoms with van der Waals surface area (Å²) in [6.45, 7) is 4.37. The van der Waals surface area contributed by atoms with E-state index in [9.17, 15) is 9.59 Å². The van der Waals surface area contributed by atoms with Gasteiger partial charge in [0.15, 0.2) is 5.78 Å². The number of Topliss-reactive ketones (excluding diaryl/α,β-unsaturated/α-hetero) is 1. The van der Waals surface area contributed by atoms with Crippen LogP contribution in [-0.2, 0) is 10.3 Å². The molecule has 0 saturated carbocycles. The minimum Gasteiger partial charge on any atom is -0.324 e.